The van der Waals surface area contributed by atoms with E-state index < -0.39 is 5.82 Å². The van der Waals surface area contributed by atoms with Crippen molar-refractivity contribution in [3.05, 3.63) is 48.3 Å². The van der Waals surface area contributed by atoms with Crippen molar-refractivity contribution in [3.63, 3.8) is 0 Å². The second-order valence-electron chi connectivity index (χ2n) is 3.43. The highest BCUT2D eigenvalue weighted by molar-refractivity contribution is 7.98. The molecule has 2 aromatic rings. The number of benzene rings is 2. The summed E-state index contributed by atoms with van der Waals surface area (Å²) in [7, 11) is 0. The minimum atomic E-state index is -0.469. The summed E-state index contributed by atoms with van der Waals surface area (Å²) in [5.41, 5.74) is 5.61. The van der Waals surface area contributed by atoms with Crippen LogP contribution in [0.15, 0.2) is 47.4 Å². The van der Waals surface area contributed by atoms with Crippen LogP contribution in [0.2, 0.25) is 0 Å². The summed E-state index contributed by atoms with van der Waals surface area (Å²) in [4.78, 5) is 1.14. The van der Waals surface area contributed by atoms with Crippen LogP contribution in [0, 0.1) is 5.82 Å². The Hall–Kier alpha value is -1.68. The Morgan fingerprint density at radius 2 is 1.82 bits per heavy atom. The number of ether oxygens (including phenoxy) is 1. The molecule has 17 heavy (non-hydrogen) atoms. The SMILES string of the molecule is CSc1ccc(Oc2cccc(F)c2N)cc1. The van der Waals surface area contributed by atoms with E-state index in [1.54, 1.807) is 23.9 Å². The number of nitrogen functional groups attached to an aromatic ring is 1. The van der Waals surface area contributed by atoms with Crippen LogP contribution in [0.4, 0.5) is 10.1 Å². The number of hydrogen-bond acceptors (Lipinski definition) is 3. The molecule has 88 valence electrons. The van der Waals surface area contributed by atoms with Gasteiger partial charge in [-0.3, -0.25) is 0 Å². The van der Waals surface area contributed by atoms with Gasteiger partial charge in [0.15, 0.2) is 5.75 Å². The number of thioether (sulfide) groups is 1. The molecule has 0 saturated heterocycles. The standard InChI is InChI=1S/C13H12FNOS/c1-17-10-7-5-9(6-8-10)16-12-4-2-3-11(14)13(12)15/h2-8H,15H2,1H3. The largest absolute Gasteiger partial charge is 0.455 e. The van der Waals surface area contributed by atoms with Gasteiger partial charge >= 0.3 is 0 Å². The second kappa shape index (κ2) is 5.10. The molecule has 0 amide bonds. The molecule has 2 rings (SSSR count). The molecule has 0 spiro atoms. The molecule has 0 atom stereocenters. The molecular weight excluding hydrogens is 237 g/mol. The summed E-state index contributed by atoms with van der Waals surface area (Å²) < 4.78 is 18.7. The molecule has 2 N–H and O–H groups in total. The van der Waals surface area contributed by atoms with Crippen molar-refractivity contribution in [2.24, 2.45) is 0 Å². The minimum absolute atomic E-state index is 0.0291. The first-order valence-corrected chi connectivity index (χ1v) is 6.29. The highest BCUT2D eigenvalue weighted by atomic mass is 32.2. The predicted octanol–water partition coefficient (Wildman–Crippen LogP) is 3.92. The molecule has 0 bridgehead atoms. The van der Waals surface area contributed by atoms with E-state index in [4.69, 9.17) is 10.5 Å². The fraction of sp³-hybridized carbons (Fsp3) is 0.0769. The fourth-order valence-corrected chi connectivity index (χ4v) is 1.79. The molecule has 0 heterocycles. The van der Waals surface area contributed by atoms with Gasteiger partial charge in [-0.15, -0.1) is 11.8 Å². The van der Waals surface area contributed by atoms with Gasteiger partial charge in [-0.25, -0.2) is 4.39 Å². The zero-order valence-electron chi connectivity index (χ0n) is 9.31. The van der Waals surface area contributed by atoms with Crippen LogP contribution in [0.3, 0.4) is 0 Å². The maximum Gasteiger partial charge on any atom is 0.153 e. The third-order valence-electron chi connectivity index (χ3n) is 2.30. The van der Waals surface area contributed by atoms with E-state index in [2.05, 4.69) is 0 Å². The van der Waals surface area contributed by atoms with Gasteiger partial charge in [-0.2, -0.15) is 0 Å². The average molecular weight is 249 g/mol. The minimum Gasteiger partial charge on any atom is -0.455 e. The van der Waals surface area contributed by atoms with E-state index in [-0.39, 0.29) is 5.69 Å². The normalized spacial score (nSPS) is 10.2. The lowest BCUT2D eigenvalue weighted by Gasteiger charge is -2.09. The summed E-state index contributed by atoms with van der Waals surface area (Å²) in [5, 5.41) is 0. The number of nitrogens with two attached hydrogens (primary N) is 1. The van der Waals surface area contributed by atoms with Crippen molar-refractivity contribution in [1.82, 2.24) is 0 Å². The topological polar surface area (TPSA) is 35.2 Å². The van der Waals surface area contributed by atoms with E-state index in [9.17, 15) is 4.39 Å². The first kappa shape index (κ1) is 11.8. The Balaban J connectivity index is 2.22. The summed E-state index contributed by atoms with van der Waals surface area (Å²) in [6.07, 6.45) is 2.00. The van der Waals surface area contributed by atoms with Crippen molar-refractivity contribution in [1.29, 1.82) is 0 Å². The lowest BCUT2D eigenvalue weighted by molar-refractivity contribution is 0.480. The Bertz CT molecular complexity index is 513. The maximum atomic E-state index is 13.2. The van der Waals surface area contributed by atoms with Crippen molar-refractivity contribution in [2.75, 3.05) is 12.0 Å². The fourth-order valence-electron chi connectivity index (χ4n) is 1.38. The van der Waals surface area contributed by atoms with Gasteiger partial charge in [0.1, 0.15) is 17.3 Å². The lowest BCUT2D eigenvalue weighted by Crippen LogP contribution is -1.95. The molecule has 0 unspecified atom stereocenters. The van der Waals surface area contributed by atoms with Crippen molar-refractivity contribution in [3.8, 4) is 11.5 Å². The van der Waals surface area contributed by atoms with Crippen LogP contribution >= 0.6 is 11.8 Å². The third kappa shape index (κ3) is 2.71. The molecule has 0 aromatic heterocycles. The number of para-hydroxylation sites is 1. The lowest BCUT2D eigenvalue weighted by atomic mass is 10.3. The van der Waals surface area contributed by atoms with Gasteiger partial charge in [0.25, 0.3) is 0 Å². The van der Waals surface area contributed by atoms with Gasteiger partial charge in [-0.05, 0) is 42.7 Å². The van der Waals surface area contributed by atoms with Crippen LogP contribution in [0.5, 0.6) is 11.5 Å². The zero-order valence-corrected chi connectivity index (χ0v) is 10.1. The summed E-state index contributed by atoms with van der Waals surface area (Å²) in [6, 6.07) is 12.1. The molecule has 4 heteroatoms. The zero-order chi connectivity index (χ0) is 12.3. The van der Waals surface area contributed by atoms with E-state index in [1.807, 2.05) is 30.5 Å². The van der Waals surface area contributed by atoms with Crippen molar-refractivity contribution in [2.45, 2.75) is 4.90 Å². The predicted molar refractivity (Wildman–Crippen MR) is 69.1 cm³/mol. The highest BCUT2D eigenvalue weighted by Gasteiger charge is 2.06. The summed E-state index contributed by atoms with van der Waals surface area (Å²) in [6.45, 7) is 0. The van der Waals surface area contributed by atoms with Crippen LogP contribution in [-0.2, 0) is 0 Å². The van der Waals surface area contributed by atoms with E-state index in [0.29, 0.717) is 11.5 Å². The number of anilines is 1. The Labute approximate surface area is 104 Å². The molecular formula is C13H12FNOS. The molecule has 0 saturated carbocycles. The van der Waals surface area contributed by atoms with E-state index in [1.165, 1.54) is 6.07 Å². The summed E-state index contributed by atoms with van der Waals surface area (Å²) in [5.74, 6) is 0.505. The van der Waals surface area contributed by atoms with Crippen LogP contribution in [0.25, 0.3) is 0 Å². The quantitative estimate of drug-likeness (QED) is 0.661. The van der Waals surface area contributed by atoms with Crippen LogP contribution in [0.1, 0.15) is 0 Å². The van der Waals surface area contributed by atoms with Crippen molar-refractivity contribution >= 4 is 17.4 Å². The first-order chi connectivity index (χ1) is 8.20. The first-order valence-electron chi connectivity index (χ1n) is 5.06. The number of hydrogen-bond donors (Lipinski definition) is 1. The average Bonchev–Trinajstić information content (AvgIpc) is 2.36. The van der Waals surface area contributed by atoms with E-state index >= 15 is 0 Å². The Morgan fingerprint density at radius 1 is 1.12 bits per heavy atom. The summed E-state index contributed by atoms with van der Waals surface area (Å²) >= 11 is 1.65. The van der Waals surface area contributed by atoms with Gasteiger partial charge in [0.05, 0.1) is 0 Å². The van der Waals surface area contributed by atoms with Gasteiger partial charge < -0.3 is 10.5 Å². The Kier molecular flexibility index (Phi) is 3.54. The second-order valence-corrected chi connectivity index (χ2v) is 4.31. The van der Waals surface area contributed by atoms with E-state index in [0.717, 1.165) is 4.90 Å². The third-order valence-corrected chi connectivity index (χ3v) is 3.04. The highest BCUT2D eigenvalue weighted by Crippen LogP contribution is 2.29. The monoisotopic (exact) mass is 249 g/mol. The maximum absolute atomic E-state index is 13.2. The van der Waals surface area contributed by atoms with Crippen LogP contribution in [-0.4, -0.2) is 6.26 Å². The molecule has 2 aromatic carbocycles. The molecule has 0 aliphatic rings. The van der Waals surface area contributed by atoms with Crippen LogP contribution < -0.4 is 10.5 Å². The Morgan fingerprint density at radius 3 is 2.47 bits per heavy atom. The molecule has 0 aliphatic carbocycles. The molecule has 0 aliphatic heterocycles. The molecule has 0 radical (unpaired) electrons. The molecule has 2 nitrogen and oxygen atoms in total. The molecule has 0 fully saturated rings. The number of halogens is 1. The van der Waals surface area contributed by atoms with Gasteiger partial charge in [-0.1, -0.05) is 6.07 Å². The van der Waals surface area contributed by atoms with Gasteiger partial charge in [0.2, 0.25) is 0 Å². The van der Waals surface area contributed by atoms with Crippen molar-refractivity contribution < 1.29 is 9.13 Å². The number of rotatable bonds is 3. The smallest absolute Gasteiger partial charge is 0.153 e. The van der Waals surface area contributed by atoms with Gasteiger partial charge in [0, 0.05) is 4.90 Å².